The minimum absolute atomic E-state index is 0.0499. The van der Waals surface area contributed by atoms with Crippen molar-refractivity contribution >= 4 is 57.5 Å². The molecule has 0 spiro atoms. The third kappa shape index (κ3) is 19.0. The molecule has 4 atom stereocenters. The number of nitrogens with zero attached hydrogens (tertiary/aromatic N) is 6. The molecule has 0 radical (unpaired) electrons. The molecule has 1 heterocycles. The topological polar surface area (TPSA) is 319 Å². The van der Waals surface area contributed by atoms with Crippen LogP contribution in [-0.4, -0.2) is 76.9 Å². The number of Topliss-reactive ketones (excluding diaryl/α,β-unsaturated/α-hetero) is 1. The number of aliphatic imine (C=N–C) groups is 3. The minimum Gasteiger partial charge on any atom is -0.497 e. The molecule has 4 unspecified atom stereocenters. The van der Waals surface area contributed by atoms with Gasteiger partial charge in [0, 0.05) is 29.7 Å². The highest BCUT2D eigenvalue weighted by atomic mass is 32.2. The SMILES string of the molecule is COC(N)=NC(C)(c1ccc(OC)cc1)c1cccc(N)c1.COc1ccc(C(C)(N=C(N)SC)c2cccc(N)c2)cc1.COc1ccc(C(C)(NC#N)c2cccc(N)c2)cc1.[C-]#[N+]c1ccc(C(=O)Cc2cccc(C(C)(N=C(N)OC)c3ccc(OC)cc3)c2)nc1. The molecule has 0 aliphatic heterocycles. The van der Waals surface area contributed by atoms with E-state index in [1.54, 1.807) is 40.6 Å². The number of ketones is 1. The molecule has 0 amide bonds. The predicted octanol–water partition coefficient (Wildman–Crippen LogP) is 12.6. The van der Waals surface area contributed by atoms with E-state index < -0.39 is 22.2 Å². The molecule has 20 nitrogen and oxygen atoms in total. The molecule has 0 saturated heterocycles. The standard InChI is InChI=1S/C25H24N4O3.C17H21N3O2.C17H21N3OS.C16H17N3O/c1-25(29-24(26)32-4,18-8-11-21(31-3)12-9-18)19-7-5-6-17(14-19)15-23(30)22-13-10-20(27-2)16-28-22;2*1-17(20-16(19)22-3,13-5-4-6-14(18)11-13)12-7-9-15(21-2)10-8-12;1-16(19-11-17,13-4-3-5-14(18)10-13)12-6-8-15(20-2)9-7-12/h5-14,16H,15H2,1,3-4H3,(H2,26,29);2*4-11H,18H2,1-3H3,(H2,19,20);3-10,19H,18H2,1-2H3. The second kappa shape index (κ2) is 34.3. The monoisotopic (exact) mass is 1310 g/mol. The van der Waals surface area contributed by atoms with Crippen molar-refractivity contribution < 1.29 is 33.2 Å². The average molecular weight is 1310 g/mol. The summed E-state index contributed by atoms with van der Waals surface area (Å²) in [4.78, 5) is 34.0. The van der Waals surface area contributed by atoms with Crippen molar-refractivity contribution in [2.24, 2.45) is 32.2 Å². The van der Waals surface area contributed by atoms with Gasteiger partial charge in [-0.25, -0.2) is 19.8 Å². The van der Waals surface area contributed by atoms with Gasteiger partial charge in [0.05, 0.1) is 54.8 Å². The Hall–Kier alpha value is -11.7. The molecule has 0 aliphatic rings. The molecular formula is C75H83N13O7S. The Morgan fingerprint density at radius 3 is 1.22 bits per heavy atom. The van der Waals surface area contributed by atoms with Crippen LogP contribution in [0.2, 0.25) is 0 Å². The van der Waals surface area contributed by atoms with Gasteiger partial charge in [-0.2, -0.15) is 5.26 Å². The number of nitrogen functional groups attached to an aromatic ring is 3. The number of anilines is 3. The number of carbonyl (C=O) groups excluding carboxylic acids is 1. The minimum atomic E-state index is -0.846. The number of pyridine rings is 1. The highest BCUT2D eigenvalue weighted by Gasteiger charge is 2.33. The van der Waals surface area contributed by atoms with Crippen LogP contribution in [0.1, 0.15) is 88.3 Å². The van der Waals surface area contributed by atoms with Gasteiger partial charge in [0.25, 0.3) is 12.0 Å². The fourth-order valence-corrected chi connectivity index (χ4v) is 10.5. The molecule has 0 saturated carbocycles. The van der Waals surface area contributed by atoms with Gasteiger partial charge in [-0.1, -0.05) is 127 Å². The molecule has 8 aromatic carbocycles. The number of carbonyl (C=O) groups is 1. The first-order valence-corrected chi connectivity index (χ1v) is 31.2. The van der Waals surface area contributed by atoms with Crippen molar-refractivity contribution in [2.45, 2.75) is 56.3 Å². The summed E-state index contributed by atoms with van der Waals surface area (Å²) in [6.45, 7) is 14.9. The number of nitriles is 1. The van der Waals surface area contributed by atoms with Gasteiger partial charge in [-0.3, -0.25) is 9.78 Å². The molecule has 9 aromatic rings. The van der Waals surface area contributed by atoms with E-state index in [2.05, 4.69) is 25.1 Å². The quantitative estimate of drug-likeness (QED) is 0.00752. The Kier molecular flexibility index (Phi) is 26.2. The van der Waals surface area contributed by atoms with Gasteiger partial charge in [0.1, 0.15) is 45.3 Å². The number of thioether (sulfide) groups is 1. The number of aromatic nitrogens is 1. The summed E-state index contributed by atoms with van der Waals surface area (Å²) in [5.41, 5.74) is 43.7. The number of methoxy groups -OCH3 is 6. The zero-order valence-electron chi connectivity index (χ0n) is 55.8. The maximum absolute atomic E-state index is 12.7. The molecule has 0 bridgehead atoms. The van der Waals surface area contributed by atoms with Gasteiger partial charge >= 0.3 is 0 Å². The van der Waals surface area contributed by atoms with E-state index in [0.717, 1.165) is 73.1 Å². The number of nitrogens with one attached hydrogen (secondary N) is 1. The molecule has 13 N–H and O–H groups in total. The van der Waals surface area contributed by atoms with Crippen LogP contribution in [0.25, 0.3) is 4.85 Å². The maximum Gasteiger partial charge on any atom is 0.282 e. The summed E-state index contributed by atoms with van der Waals surface area (Å²) in [5.74, 6) is 2.96. The third-order valence-electron chi connectivity index (χ3n) is 15.9. The Morgan fingerprint density at radius 1 is 0.510 bits per heavy atom. The number of hydrogen-bond donors (Lipinski definition) is 7. The van der Waals surface area contributed by atoms with Crippen molar-refractivity contribution in [3.8, 4) is 29.2 Å². The van der Waals surface area contributed by atoms with Crippen LogP contribution in [0.5, 0.6) is 23.0 Å². The summed E-state index contributed by atoms with van der Waals surface area (Å²) >= 11 is 1.42. The fourth-order valence-electron chi connectivity index (χ4n) is 10.2. The van der Waals surface area contributed by atoms with Crippen molar-refractivity contribution in [3.63, 3.8) is 0 Å². The Labute approximate surface area is 566 Å². The molecule has 0 fully saturated rings. The Balaban J connectivity index is 0.000000206. The summed E-state index contributed by atoms with van der Waals surface area (Å²) in [6, 6.07) is 64.5. The lowest BCUT2D eigenvalue weighted by molar-refractivity contribution is 0.0988. The fraction of sp³-hybridized carbons (Fsp3) is 0.213. The van der Waals surface area contributed by atoms with Crippen molar-refractivity contribution in [3.05, 3.63) is 280 Å². The van der Waals surface area contributed by atoms with Crippen LogP contribution < -0.4 is 58.7 Å². The van der Waals surface area contributed by atoms with E-state index in [4.69, 9.17) is 79.6 Å². The van der Waals surface area contributed by atoms with Gasteiger partial charge in [0.2, 0.25) is 5.69 Å². The van der Waals surface area contributed by atoms with Crippen LogP contribution >= 0.6 is 11.8 Å². The number of amidine groups is 3. The van der Waals surface area contributed by atoms with Gasteiger partial charge < -0.3 is 68.1 Å². The van der Waals surface area contributed by atoms with Crippen LogP contribution in [0.4, 0.5) is 22.7 Å². The van der Waals surface area contributed by atoms with Crippen LogP contribution in [0.3, 0.4) is 0 Å². The predicted molar refractivity (Wildman–Crippen MR) is 386 cm³/mol. The number of hydrogen-bond acceptors (Lipinski definition) is 17. The molecule has 496 valence electrons. The summed E-state index contributed by atoms with van der Waals surface area (Å²) in [6.07, 6.45) is 5.51. The van der Waals surface area contributed by atoms with Gasteiger partial charge in [-0.15, -0.1) is 0 Å². The van der Waals surface area contributed by atoms with Gasteiger partial charge in [-0.05, 0) is 175 Å². The molecular weight excluding hydrogens is 1230 g/mol. The van der Waals surface area contributed by atoms with Crippen LogP contribution in [0.15, 0.2) is 227 Å². The largest absolute Gasteiger partial charge is 0.497 e. The molecule has 9 rings (SSSR count). The second-order valence-corrected chi connectivity index (χ2v) is 23.0. The first-order valence-electron chi connectivity index (χ1n) is 29.9. The lowest BCUT2D eigenvalue weighted by Gasteiger charge is -2.29. The molecule has 21 heteroatoms. The zero-order chi connectivity index (χ0) is 70.1. The van der Waals surface area contributed by atoms with E-state index in [1.807, 2.05) is 234 Å². The number of nitrogens with two attached hydrogens (primary N) is 6. The summed E-state index contributed by atoms with van der Waals surface area (Å²) in [5, 5.41) is 12.5. The molecule has 0 aliphatic carbocycles. The molecule has 96 heavy (non-hydrogen) atoms. The van der Waals surface area contributed by atoms with Gasteiger partial charge in [0.15, 0.2) is 17.1 Å². The van der Waals surface area contributed by atoms with Crippen molar-refractivity contribution in [2.75, 3.05) is 66.1 Å². The van der Waals surface area contributed by atoms with Crippen molar-refractivity contribution in [1.82, 2.24) is 10.3 Å². The van der Waals surface area contributed by atoms with E-state index in [0.29, 0.717) is 33.6 Å². The highest BCUT2D eigenvalue weighted by Crippen LogP contribution is 2.39. The lowest BCUT2D eigenvalue weighted by atomic mass is 9.84. The summed E-state index contributed by atoms with van der Waals surface area (Å²) in [7, 11) is 9.48. The molecule has 1 aromatic heterocycles. The smallest absolute Gasteiger partial charge is 0.282 e. The van der Waals surface area contributed by atoms with E-state index in [1.165, 1.54) is 32.2 Å². The third-order valence-corrected chi connectivity index (χ3v) is 16.4. The Morgan fingerprint density at radius 2 is 0.875 bits per heavy atom. The second-order valence-electron chi connectivity index (χ2n) is 22.1. The van der Waals surface area contributed by atoms with E-state index in [-0.39, 0.29) is 24.2 Å². The van der Waals surface area contributed by atoms with Crippen molar-refractivity contribution in [1.29, 1.82) is 5.26 Å². The number of ether oxygens (including phenoxy) is 6. The summed E-state index contributed by atoms with van der Waals surface area (Å²) < 4.78 is 31.0. The average Bonchev–Trinajstić information content (AvgIpc) is 0.826. The first-order chi connectivity index (χ1) is 46.0. The van der Waals surface area contributed by atoms with E-state index in [9.17, 15) is 4.79 Å². The zero-order valence-corrected chi connectivity index (χ0v) is 56.6. The number of benzene rings is 8. The first kappa shape index (κ1) is 73.4. The maximum atomic E-state index is 12.7. The highest BCUT2D eigenvalue weighted by molar-refractivity contribution is 8.13. The van der Waals surface area contributed by atoms with Crippen LogP contribution in [0, 0.1) is 18.0 Å². The van der Waals surface area contributed by atoms with E-state index >= 15 is 0 Å². The number of rotatable bonds is 19. The normalized spacial score (nSPS) is 13.6. The van der Waals surface area contributed by atoms with Crippen LogP contribution in [-0.2, 0) is 38.1 Å². The Bertz CT molecular complexity index is 4080. The lowest BCUT2D eigenvalue weighted by Crippen LogP contribution is -2.37.